The van der Waals surface area contributed by atoms with Gasteiger partial charge in [-0.05, 0) is 0 Å². The molecule has 0 bridgehead atoms. The van der Waals surface area contributed by atoms with Crippen molar-refractivity contribution in [1.29, 1.82) is 0 Å². The quantitative estimate of drug-likeness (QED) is 0.718. The summed E-state index contributed by atoms with van der Waals surface area (Å²) in [5, 5.41) is 0. The van der Waals surface area contributed by atoms with Crippen LogP contribution in [0.4, 0.5) is 43.9 Å². The van der Waals surface area contributed by atoms with Crippen LogP contribution in [0.3, 0.4) is 0 Å². The van der Waals surface area contributed by atoms with Gasteiger partial charge in [-0.2, -0.15) is 35.1 Å². The predicted octanol–water partition coefficient (Wildman–Crippen LogP) is 3.40. The third-order valence-corrected chi connectivity index (χ3v) is 1.51. The maximum atomic E-state index is 12.6. The Kier molecular flexibility index (Phi) is 4.30. The summed E-state index contributed by atoms with van der Waals surface area (Å²) in [6.07, 6.45) is -17.8. The van der Waals surface area contributed by atoms with E-state index in [-0.39, 0.29) is 0 Å². The smallest absolute Gasteiger partial charge is 0.308 e. The Balaban J connectivity index is 5.00. The lowest BCUT2D eigenvalue weighted by molar-refractivity contribution is -0.397. The molecule has 0 fully saturated rings. The molecule has 0 aliphatic carbocycles. The number of rotatable bonds is 4. The fraction of sp³-hybridized carbons (Fsp3) is 1.00. The van der Waals surface area contributed by atoms with Crippen molar-refractivity contribution >= 4 is 0 Å². The third-order valence-electron chi connectivity index (χ3n) is 1.51. The van der Waals surface area contributed by atoms with Gasteiger partial charge in [-0.3, -0.25) is 0 Å². The molecule has 0 aromatic heterocycles. The Morgan fingerprint density at radius 2 is 1.18 bits per heavy atom. The van der Waals surface area contributed by atoms with E-state index < -0.39 is 37.4 Å². The lowest BCUT2D eigenvalue weighted by atomic mass is 10.1. The topological polar surface area (TPSA) is 9.23 Å². The molecule has 0 aliphatic heterocycles. The highest BCUT2D eigenvalue weighted by Gasteiger charge is 2.73. The molecular weight excluding hydrogens is 278 g/mol. The average molecular weight is 282 g/mol. The molecule has 0 heterocycles. The minimum atomic E-state index is -6.42. The van der Waals surface area contributed by atoms with Crippen molar-refractivity contribution in [3.63, 3.8) is 0 Å². The van der Waals surface area contributed by atoms with Gasteiger partial charge in [0.2, 0.25) is 0 Å². The monoisotopic (exact) mass is 282 g/mol. The first-order chi connectivity index (χ1) is 7.27. The maximum Gasteiger partial charge on any atom is 0.433 e. The van der Waals surface area contributed by atoms with Crippen molar-refractivity contribution < 1.29 is 48.6 Å². The van der Waals surface area contributed by atoms with E-state index in [0.717, 1.165) is 0 Å². The van der Waals surface area contributed by atoms with Gasteiger partial charge in [-0.1, -0.05) is 0 Å². The van der Waals surface area contributed by atoms with Crippen LogP contribution >= 0.6 is 0 Å². The zero-order chi connectivity index (χ0) is 14.1. The Morgan fingerprint density at radius 3 is 1.41 bits per heavy atom. The lowest BCUT2D eigenvalue weighted by Gasteiger charge is -2.32. The zero-order valence-electron chi connectivity index (χ0n) is 7.60. The van der Waals surface area contributed by atoms with E-state index in [1.807, 2.05) is 0 Å². The summed E-state index contributed by atoms with van der Waals surface area (Å²) in [6.45, 7) is -6.12. The fourth-order valence-electron chi connectivity index (χ4n) is 0.605. The fourth-order valence-corrected chi connectivity index (χ4v) is 0.605. The van der Waals surface area contributed by atoms with Crippen LogP contribution in [0, 0.1) is 0 Å². The second-order valence-corrected chi connectivity index (χ2v) is 2.85. The van der Waals surface area contributed by atoms with Gasteiger partial charge in [0.05, 0.1) is 0 Å². The molecule has 17 heavy (non-hydrogen) atoms. The van der Waals surface area contributed by atoms with Crippen molar-refractivity contribution in [2.45, 2.75) is 24.1 Å². The molecule has 0 saturated heterocycles. The average Bonchev–Trinajstić information content (AvgIpc) is 2.10. The second kappa shape index (κ2) is 4.50. The van der Waals surface area contributed by atoms with Crippen LogP contribution < -0.4 is 0 Å². The Hall–Kier alpha value is -0.740. The third kappa shape index (κ3) is 3.61. The molecule has 0 aromatic rings. The van der Waals surface area contributed by atoms with Crippen molar-refractivity contribution in [2.75, 3.05) is 13.3 Å². The minimum Gasteiger partial charge on any atom is -0.308 e. The molecular formula is C6H4F10O. The lowest BCUT2D eigenvalue weighted by Crippen LogP contribution is -2.58. The van der Waals surface area contributed by atoms with Crippen LogP contribution in [0.5, 0.6) is 0 Å². The van der Waals surface area contributed by atoms with Crippen molar-refractivity contribution in [2.24, 2.45) is 0 Å². The maximum absolute atomic E-state index is 12.6. The molecule has 0 radical (unpaired) electrons. The molecule has 1 nitrogen and oxygen atoms in total. The summed E-state index contributed by atoms with van der Waals surface area (Å²) in [6, 6.07) is 0. The Morgan fingerprint density at radius 1 is 0.765 bits per heavy atom. The molecule has 0 spiro atoms. The van der Waals surface area contributed by atoms with Gasteiger partial charge >= 0.3 is 24.1 Å². The molecule has 0 aromatic carbocycles. The van der Waals surface area contributed by atoms with E-state index in [2.05, 4.69) is 4.74 Å². The second-order valence-electron chi connectivity index (χ2n) is 2.85. The van der Waals surface area contributed by atoms with Crippen molar-refractivity contribution in [3.05, 3.63) is 0 Å². The molecule has 1 unspecified atom stereocenters. The van der Waals surface area contributed by atoms with E-state index in [4.69, 9.17) is 0 Å². The highest BCUT2D eigenvalue weighted by Crippen LogP contribution is 2.46. The van der Waals surface area contributed by atoms with Crippen LogP contribution in [-0.2, 0) is 4.74 Å². The first-order valence-electron chi connectivity index (χ1n) is 3.67. The Bertz CT molecular complexity index is 255. The van der Waals surface area contributed by atoms with Crippen LogP contribution in [0.2, 0.25) is 0 Å². The normalized spacial score (nSPS) is 18.0. The molecule has 0 rings (SSSR count). The summed E-state index contributed by atoms with van der Waals surface area (Å²) >= 11 is 0. The summed E-state index contributed by atoms with van der Waals surface area (Å²) in [5.41, 5.74) is -5.83. The summed E-state index contributed by atoms with van der Waals surface area (Å²) in [5.74, 6) is 0. The van der Waals surface area contributed by atoms with Gasteiger partial charge in [-0.25, -0.2) is 8.78 Å². The molecule has 1 atom stereocenters. The number of halogens is 10. The summed E-state index contributed by atoms with van der Waals surface area (Å²) in [4.78, 5) is 0. The first-order valence-corrected chi connectivity index (χ1v) is 3.67. The van der Waals surface area contributed by atoms with Gasteiger partial charge in [0.1, 0.15) is 13.3 Å². The van der Waals surface area contributed by atoms with Crippen LogP contribution in [-0.4, -0.2) is 37.4 Å². The molecule has 0 N–H and O–H groups in total. The summed E-state index contributed by atoms with van der Waals surface area (Å²) in [7, 11) is 0. The summed E-state index contributed by atoms with van der Waals surface area (Å²) < 4.78 is 121. The van der Waals surface area contributed by atoms with Gasteiger partial charge in [0, 0.05) is 0 Å². The van der Waals surface area contributed by atoms with E-state index in [1.165, 1.54) is 0 Å². The highest BCUT2D eigenvalue weighted by atomic mass is 19.4. The standard InChI is InChI=1S/C6H4F10O/c7-1-3(8,5(12,13)14)6(15,16)17-2-4(9,10)11/h1-2H2. The van der Waals surface area contributed by atoms with Crippen LogP contribution in [0.15, 0.2) is 0 Å². The first kappa shape index (κ1) is 16.3. The SMILES string of the molecule is FCC(F)(C(F)(F)F)C(F)(F)OCC(F)(F)F. The van der Waals surface area contributed by atoms with Crippen molar-refractivity contribution in [3.8, 4) is 0 Å². The highest BCUT2D eigenvalue weighted by molar-refractivity contribution is 4.95. The molecule has 0 amide bonds. The predicted molar refractivity (Wildman–Crippen MR) is 32.8 cm³/mol. The van der Waals surface area contributed by atoms with Gasteiger partial charge in [0.25, 0.3) is 0 Å². The molecule has 104 valence electrons. The van der Waals surface area contributed by atoms with Crippen molar-refractivity contribution in [1.82, 2.24) is 0 Å². The molecule has 0 aliphatic rings. The van der Waals surface area contributed by atoms with Crippen LogP contribution in [0.1, 0.15) is 0 Å². The van der Waals surface area contributed by atoms with E-state index in [9.17, 15) is 43.9 Å². The van der Waals surface area contributed by atoms with Gasteiger partial charge in [0.15, 0.2) is 0 Å². The van der Waals surface area contributed by atoms with E-state index in [0.29, 0.717) is 0 Å². The number of ether oxygens (including phenoxy) is 1. The van der Waals surface area contributed by atoms with Gasteiger partial charge in [-0.15, -0.1) is 0 Å². The molecule has 0 saturated carbocycles. The van der Waals surface area contributed by atoms with E-state index >= 15 is 0 Å². The number of hydrogen-bond donors (Lipinski definition) is 0. The number of alkyl halides is 10. The Labute approximate surface area is 87.3 Å². The largest absolute Gasteiger partial charge is 0.433 e. The van der Waals surface area contributed by atoms with Crippen LogP contribution in [0.25, 0.3) is 0 Å². The van der Waals surface area contributed by atoms with Gasteiger partial charge < -0.3 is 4.74 Å². The van der Waals surface area contributed by atoms with E-state index in [1.54, 1.807) is 0 Å². The minimum absolute atomic E-state index is 2.48. The number of hydrogen-bond acceptors (Lipinski definition) is 1. The zero-order valence-corrected chi connectivity index (χ0v) is 7.60. The molecule has 11 heteroatoms.